The first-order valence-corrected chi connectivity index (χ1v) is 9.47. The third kappa shape index (κ3) is 3.96. The minimum atomic E-state index is -0.223. The van der Waals surface area contributed by atoms with Crippen molar-refractivity contribution in [1.29, 1.82) is 0 Å². The van der Waals surface area contributed by atoms with Gasteiger partial charge in [-0.05, 0) is 30.5 Å². The molecule has 0 radical (unpaired) electrons. The first-order chi connectivity index (χ1) is 13.7. The SMILES string of the molecule is O=C(Nc1cccc(CN2CCCCC2=O)c1)c1cn[nH]c1-c1ccccc1. The summed E-state index contributed by atoms with van der Waals surface area (Å²) in [6.45, 7) is 1.37. The second-order valence-corrected chi connectivity index (χ2v) is 6.95. The average molecular weight is 374 g/mol. The molecule has 0 spiro atoms. The van der Waals surface area contributed by atoms with E-state index in [0.717, 1.165) is 30.5 Å². The Hall–Kier alpha value is -3.41. The number of nitrogens with one attached hydrogen (secondary N) is 2. The minimum absolute atomic E-state index is 0.201. The molecule has 1 saturated heterocycles. The van der Waals surface area contributed by atoms with E-state index in [2.05, 4.69) is 15.5 Å². The van der Waals surface area contributed by atoms with E-state index < -0.39 is 0 Å². The lowest BCUT2D eigenvalue weighted by atomic mass is 10.1. The number of anilines is 1. The van der Waals surface area contributed by atoms with Gasteiger partial charge < -0.3 is 10.2 Å². The summed E-state index contributed by atoms with van der Waals surface area (Å²) in [5, 5.41) is 9.88. The van der Waals surface area contributed by atoms with E-state index >= 15 is 0 Å². The molecule has 6 heteroatoms. The van der Waals surface area contributed by atoms with Crippen LogP contribution in [0.5, 0.6) is 0 Å². The van der Waals surface area contributed by atoms with E-state index in [1.54, 1.807) is 0 Å². The molecular formula is C22H22N4O2. The summed E-state index contributed by atoms with van der Waals surface area (Å²) in [6.07, 6.45) is 4.18. The number of hydrogen-bond donors (Lipinski definition) is 2. The van der Waals surface area contributed by atoms with Crippen LogP contribution in [-0.2, 0) is 11.3 Å². The van der Waals surface area contributed by atoms with Gasteiger partial charge in [0.1, 0.15) is 0 Å². The van der Waals surface area contributed by atoms with E-state index in [-0.39, 0.29) is 11.8 Å². The van der Waals surface area contributed by atoms with Crippen molar-refractivity contribution in [2.75, 3.05) is 11.9 Å². The van der Waals surface area contributed by atoms with Crippen LogP contribution in [0.15, 0.2) is 60.8 Å². The van der Waals surface area contributed by atoms with Crippen molar-refractivity contribution in [2.45, 2.75) is 25.8 Å². The van der Waals surface area contributed by atoms with Crippen LogP contribution >= 0.6 is 0 Å². The largest absolute Gasteiger partial charge is 0.338 e. The number of likely N-dealkylation sites (tertiary alicyclic amines) is 1. The van der Waals surface area contributed by atoms with Crippen LogP contribution in [0.3, 0.4) is 0 Å². The van der Waals surface area contributed by atoms with Gasteiger partial charge in [0.05, 0.1) is 17.5 Å². The lowest BCUT2D eigenvalue weighted by molar-refractivity contribution is -0.133. The molecule has 142 valence electrons. The fourth-order valence-corrected chi connectivity index (χ4v) is 3.48. The third-order valence-corrected chi connectivity index (χ3v) is 4.93. The number of carbonyl (C=O) groups is 2. The standard InChI is InChI=1S/C22H22N4O2/c27-20-11-4-5-12-26(20)15-16-7-6-10-18(13-16)24-22(28)19-14-23-25-21(19)17-8-2-1-3-9-17/h1-3,6-10,13-14H,4-5,11-12,15H2,(H,23,25)(H,24,28). The first kappa shape index (κ1) is 18.0. The van der Waals surface area contributed by atoms with Crippen molar-refractivity contribution < 1.29 is 9.59 Å². The van der Waals surface area contributed by atoms with E-state index in [1.807, 2.05) is 59.5 Å². The zero-order valence-electron chi connectivity index (χ0n) is 15.5. The van der Waals surface area contributed by atoms with Gasteiger partial charge in [-0.2, -0.15) is 5.10 Å². The van der Waals surface area contributed by atoms with Crippen LogP contribution in [0.25, 0.3) is 11.3 Å². The van der Waals surface area contributed by atoms with E-state index in [9.17, 15) is 9.59 Å². The molecule has 1 aliphatic heterocycles. The van der Waals surface area contributed by atoms with Gasteiger partial charge >= 0.3 is 0 Å². The highest BCUT2D eigenvalue weighted by atomic mass is 16.2. The van der Waals surface area contributed by atoms with Crippen molar-refractivity contribution in [3.63, 3.8) is 0 Å². The Bertz CT molecular complexity index is 981. The van der Waals surface area contributed by atoms with Crippen molar-refractivity contribution >= 4 is 17.5 Å². The predicted molar refractivity (Wildman–Crippen MR) is 108 cm³/mol. The summed E-state index contributed by atoms with van der Waals surface area (Å²) in [7, 11) is 0. The zero-order valence-corrected chi connectivity index (χ0v) is 15.5. The number of H-pyrrole nitrogens is 1. The minimum Gasteiger partial charge on any atom is -0.338 e. The number of hydrogen-bond acceptors (Lipinski definition) is 3. The Labute approximate surface area is 163 Å². The number of benzene rings is 2. The maximum atomic E-state index is 12.8. The highest BCUT2D eigenvalue weighted by Gasteiger charge is 2.19. The number of amides is 2. The van der Waals surface area contributed by atoms with Crippen molar-refractivity contribution in [3.05, 3.63) is 71.9 Å². The number of rotatable bonds is 5. The fourth-order valence-electron chi connectivity index (χ4n) is 3.48. The van der Waals surface area contributed by atoms with E-state index in [1.165, 1.54) is 6.20 Å². The van der Waals surface area contributed by atoms with Gasteiger partial charge in [0.25, 0.3) is 5.91 Å². The Balaban J connectivity index is 1.49. The van der Waals surface area contributed by atoms with Crippen LogP contribution in [0.2, 0.25) is 0 Å². The summed E-state index contributed by atoms with van der Waals surface area (Å²) in [5.74, 6) is -0.0228. The molecule has 0 saturated carbocycles. The summed E-state index contributed by atoms with van der Waals surface area (Å²) < 4.78 is 0. The smallest absolute Gasteiger partial charge is 0.259 e. The van der Waals surface area contributed by atoms with Gasteiger partial charge in [-0.25, -0.2) is 0 Å². The molecule has 1 aromatic heterocycles. The summed E-state index contributed by atoms with van der Waals surface area (Å²) in [5.41, 5.74) is 3.79. The monoisotopic (exact) mass is 374 g/mol. The second-order valence-electron chi connectivity index (χ2n) is 6.95. The first-order valence-electron chi connectivity index (χ1n) is 9.47. The number of carbonyl (C=O) groups excluding carboxylic acids is 2. The quantitative estimate of drug-likeness (QED) is 0.712. The van der Waals surface area contributed by atoms with E-state index in [4.69, 9.17) is 0 Å². The third-order valence-electron chi connectivity index (χ3n) is 4.93. The zero-order chi connectivity index (χ0) is 19.3. The van der Waals surface area contributed by atoms with Crippen LogP contribution in [0.4, 0.5) is 5.69 Å². The van der Waals surface area contributed by atoms with Gasteiger partial charge in [-0.15, -0.1) is 0 Å². The molecular weight excluding hydrogens is 352 g/mol. The van der Waals surface area contributed by atoms with Gasteiger partial charge in [-0.3, -0.25) is 14.7 Å². The summed E-state index contributed by atoms with van der Waals surface area (Å²) in [6, 6.07) is 17.3. The molecule has 1 aliphatic rings. The van der Waals surface area contributed by atoms with Crippen LogP contribution in [0, 0.1) is 0 Å². The molecule has 0 bridgehead atoms. The van der Waals surface area contributed by atoms with Crippen LogP contribution in [-0.4, -0.2) is 33.5 Å². The average Bonchev–Trinajstić information content (AvgIpc) is 3.21. The Morgan fingerprint density at radius 2 is 1.96 bits per heavy atom. The fraction of sp³-hybridized carbons (Fsp3) is 0.227. The van der Waals surface area contributed by atoms with E-state index in [0.29, 0.717) is 29.9 Å². The molecule has 6 nitrogen and oxygen atoms in total. The number of piperidine rings is 1. The van der Waals surface area contributed by atoms with Gasteiger partial charge in [0.15, 0.2) is 0 Å². The molecule has 28 heavy (non-hydrogen) atoms. The normalized spacial score (nSPS) is 14.1. The maximum Gasteiger partial charge on any atom is 0.259 e. The number of nitrogens with zero attached hydrogens (tertiary/aromatic N) is 2. The summed E-state index contributed by atoms with van der Waals surface area (Å²) in [4.78, 5) is 26.7. The highest BCUT2D eigenvalue weighted by molar-refractivity contribution is 6.08. The molecule has 0 unspecified atom stereocenters. The van der Waals surface area contributed by atoms with Crippen LogP contribution < -0.4 is 5.32 Å². The topological polar surface area (TPSA) is 78.1 Å². The molecule has 4 rings (SSSR count). The predicted octanol–water partition coefficient (Wildman–Crippen LogP) is 3.84. The Morgan fingerprint density at radius 3 is 2.79 bits per heavy atom. The Kier molecular flexibility index (Phi) is 5.19. The van der Waals surface area contributed by atoms with Crippen molar-refractivity contribution in [3.8, 4) is 11.3 Å². The molecule has 2 heterocycles. The highest BCUT2D eigenvalue weighted by Crippen LogP contribution is 2.22. The maximum absolute atomic E-state index is 12.8. The van der Waals surface area contributed by atoms with Crippen molar-refractivity contribution in [2.24, 2.45) is 0 Å². The van der Waals surface area contributed by atoms with Gasteiger partial charge in [0.2, 0.25) is 5.91 Å². The Morgan fingerprint density at radius 1 is 1.11 bits per heavy atom. The van der Waals surface area contributed by atoms with Crippen molar-refractivity contribution in [1.82, 2.24) is 15.1 Å². The molecule has 2 amide bonds. The number of aromatic amines is 1. The second kappa shape index (κ2) is 8.08. The molecule has 1 fully saturated rings. The molecule has 3 aromatic rings. The van der Waals surface area contributed by atoms with Gasteiger partial charge in [0, 0.05) is 30.8 Å². The lowest BCUT2D eigenvalue weighted by Crippen LogP contribution is -2.34. The van der Waals surface area contributed by atoms with Gasteiger partial charge in [-0.1, -0.05) is 42.5 Å². The molecule has 0 aliphatic carbocycles. The van der Waals surface area contributed by atoms with Crippen LogP contribution in [0.1, 0.15) is 35.2 Å². The molecule has 0 atom stereocenters. The summed E-state index contributed by atoms with van der Waals surface area (Å²) >= 11 is 0. The number of aromatic nitrogens is 2. The lowest BCUT2D eigenvalue weighted by Gasteiger charge is -2.26. The molecule has 2 aromatic carbocycles. The molecule has 2 N–H and O–H groups in total.